The molecular formula is C22H20N6OS2. The van der Waals surface area contributed by atoms with E-state index in [4.69, 9.17) is 0 Å². The largest absolute Gasteiger partial charge is 0.326 e. The highest BCUT2D eigenvalue weighted by atomic mass is 32.2. The highest BCUT2D eigenvalue weighted by Crippen LogP contribution is 2.28. The number of hydrogen-bond donors (Lipinski definition) is 2. The number of thioether (sulfide) groups is 1. The Morgan fingerprint density at radius 1 is 1.26 bits per heavy atom. The molecule has 0 fully saturated rings. The number of thiophene rings is 1. The van der Waals surface area contributed by atoms with Crippen LogP contribution >= 0.6 is 23.1 Å². The molecule has 0 aliphatic heterocycles. The number of nitrogens with one attached hydrogen (secondary N) is 2. The van der Waals surface area contributed by atoms with Crippen molar-refractivity contribution in [1.29, 1.82) is 5.26 Å². The fraction of sp³-hybridized carbons (Fsp3) is 0.182. The van der Waals surface area contributed by atoms with Crippen LogP contribution in [0.1, 0.15) is 22.4 Å². The average Bonchev–Trinajstić information content (AvgIpc) is 3.51. The number of aromatic nitrogens is 4. The Balaban J connectivity index is 1.48. The molecule has 0 unspecified atom stereocenters. The molecule has 3 aromatic heterocycles. The van der Waals surface area contributed by atoms with E-state index in [2.05, 4.69) is 26.6 Å². The van der Waals surface area contributed by atoms with E-state index >= 15 is 0 Å². The fourth-order valence-corrected chi connectivity index (χ4v) is 4.49. The Morgan fingerprint density at radius 2 is 2.06 bits per heavy atom. The number of nitrogens with zero attached hydrogens (tertiary/aromatic N) is 4. The molecule has 2 N–H and O–H groups in total. The van der Waals surface area contributed by atoms with Gasteiger partial charge in [-0.25, -0.2) is 4.98 Å². The van der Waals surface area contributed by atoms with Crippen LogP contribution in [0.2, 0.25) is 0 Å². The Kier molecular flexibility index (Phi) is 6.21. The number of aromatic amines is 1. The van der Waals surface area contributed by atoms with Crippen LogP contribution in [0.4, 0.5) is 5.82 Å². The predicted octanol–water partition coefficient (Wildman–Crippen LogP) is 4.60. The van der Waals surface area contributed by atoms with Crippen LogP contribution in [-0.4, -0.2) is 31.4 Å². The van der Waals surface area contributed by atoms with Gasteiger partial charge in [0.25, 0.3) is 0 Å². The topological polar surface area (TPSA) is 99.4 Å². The van der Waals surface area contributed by atoms with Crippen molar-refractivity contribution in [3.8, 4) is 16.8 Å². The molecule has 0 bridgehead atoms. The summed E-state index contributed by atoms with van der Waals surface area (Å²) in [7, 11) is 0. The summed E-state index contributed by atoms with van der Waals surface area (Å²) in [6.45, 7) is 4.44. The maximum absolute atomic E-state index is 12.7. The first kappa shape index (κ1) is 20.9. The molecule has 31 heavy (non-hydrogen) atoms. The van der Waals surface area contributed by atoms with Gasteiger partial charge < -0.3 is 9.88 Å². The molecule has 1 amide bonds. The van der Waals surface area contributed by atoms with Crippen LogP contribution in [0.3, 0.4) is 0 Å². The Labute approximate surface area is 188 Å². The molecule has 9 heteroatoms. The lowest BCUT2D eigenvalue weighted by Crippen LogP contribution is -2.18. The molecule has 0 saturated carbocycles. The second-order valence-electron chi connectivity index (χ2n) is 6.90. The first-order valence-electron chi connectivity index (χ1n) is 9.59. The Hall–Kier alpha value is -3.35. The van der Waals surface area contributed by atoms with Gasteiger partial charge in [-0.1, -0.05) is 48.2 Å². The summed E-state index contributed by atoms with van der Waals surface area (Å²) in [4.78, 5) is 18.1. The van der Waals surface area contributed by atoms with Gasteiger partial charge in [0.05, 0.1) is 16.2 Å². The smallest absolute Gasteiger partial charge is 0.235 e. The summed E-state index contributed by atoms with van der Waals surface area (Å²) in [5.74, 6) is 1.14. The lowest BCUT2D eigenvalue weighted by molar-refractivity contribution is -0.113. The lowest BCUT2D eigenvalue weighted by atomic mass is 10.2. The van der Waals surface area contributed by atoms with Gasteiger partial charge in [-0.15, -0.1) is 16.4 Å². The minimum Gasteiger partial charge on any atom is -0.326 e. The number of anilines is 1. The zero-order chi connectivity index (χ0) is 21.8. The number of benzene rings is 1. The molecule has 0 aliphatic rings. The second-order valence-corrected chi connectivity index (χ2v) is 8.79. The van der Waals surface area contributed by atoms with Crippen molar-refractivity contribution < 1.29 is 4.79 Å². The molecule has 0 aliphatic carbocycles. The van der Waals surface area contributed by atoms with E-state index in [1.165, 1.54) is 11.8 Å². The van der Waals surface area contributed by atoms with E-state index in [-0.39, 0.29) is 11.7 Å². The van der Waals surface area contributed by atoms with Crippen molar-refractivity contribution in [2.45, 2.75) is 25.5 Å². The van der Waals surface area contributed by atoms with E-state index in [0.717, 1.165) is 21.7 Å². The van der Waals surface area contributed by atoms with E-state index in [1.54, 1.807) is 11.3 Å². The summed E-state index contributed by atoms with van der Waals surface area (Å²) in [6, 6.07) is 16.1. The van der Waals surface area contributed by atoms with E-state index < -0.39 is 0 Å². The van der Waals surface area contributed by atoms with Gasteiger partial charge in [0.15, 0.2) is 5.82 Å². The lowest BCUT2D eigenvalue weighted by Gasteiger charge is -2.13. The maximum Gasteiger partial charge on any atom is 0.235 e. The normalized spacial score (nSPS) is 10.7. The van der Waals surface area contributed by atoms with Crippen LogP contribution in [0, 0.1) is 25.2 Å². The molecule has 0 radical (unpaired) electrons. The quantitative estimate of drug-likeness (QED) is 0.403. The predicted molar refractivity (Wildman–Crippen MR) is 123 cm³/mol. The van der Waals surface area contributed by atoms with Crippen LogP contribution in [-0.2, 0) is 11.3 Å². The number of rotatable bonds is 7. The molecule has 4 aromatic rings. The van der Waals surface area contributed by atoms with Crippen LogP contribution in [0.15, 0.2) is 53.0 Å². The zero-order valence-electron chi connectivity index (χ0n) is 17.0. The second kappa shape index (κ2) is 9.20. The van der Waals surface area contributed by atoms with Gasteiger partial charge in [0, 0.05) is 12.2 Å². The van der Waals surface area contributed by atoms with Crippen molar-refractivity contribution in [3.05, 3.63) is 70.2 Å². The molecule has 3 heterocycles. The van der Waals surface area contributed by atoms with Crippen LogP contribution in [0.25, 0.3) is 10.7 Å². The van der Waals surface area contributed by atoms with Crippen molar-refractivity contribution in [1.82, 2.24) is 19.7 Å². The number of hydrogen-bond acceptors (Lipinski definition) is 6. The summed E-state index contributed by atoms with van der Waals surface area (Å²) < 4.78 is 1.98. The van der Waals surface area contributed by atoms with Crippen molar-refractivity contribution in [3.63, 3.8) is 0 Å². The number of carbonyl (C=O) groups is 1. The zero-order valence-corrected chi connectivity index (χ0v) is 18.7. The molecule has 156 valence electrons. The SMILES string of the molecule is Cc1c(C#N)c(NC(=O)CSc2n[nH]c(-c3cccs3)n2)n(Cc2ccccc2)c1C. The monoisotopic (exact) mass is 448 g/mol. The van der Waals surface area contributed by atoms with E-state index in [9.17, 15) is 10.1 Å². The van der Waals surface area contributed by atoms with Crippen molar-refractivity contribution in [2.75, 3.05) is 11.1 Å². The molecule has 7 nitrogen and oxygen atoms in total. The Bertz CT molecular complexity index is 1240. The summed E-state index contributed by atoms with van der Waals surface area (Å²) in [5.41, 5.74) is 3.41. The van der Waals surface area contributed by atoms with Gasteiger partial charge in [-0.3, -0.25) is 9.89 Å². The maximum atomic E-state index is 12.7. The molecular weight excluding hydrogens is 428 g/mol. The van der Waals surface area contributed by atoms with E-state index in [1.807, 2.05) is 66.3 Å². The van der Waals surface area contributed by atoms with Gasteiger partial charge in [-0.2, -0.15) is 5.26 Å². The Morgan fingerprint density at radius 3 is 2.77 bits per heavy atom. The summed E-state index contributed by atoms with van der Waals surface area (Å²) in [5, 5.41) is 22.2. The third-order valence-corrected chi connectivity index (χ3v) is 6.66. The van der Waals surface area contributed by atoms with Crippen molar-refractivity contribution >= 4 is 34.8 Å². The number of nitriles is 1. The first-order chi connectivity index (χ1) is 15.1. The molecule has 0 saturated heterocycles. The molecule has 0 atom stereocenters. The molecule has 1 aromatic carbocycles. The third kappa shape index (κ3) is 4.55. The molecule has 4 rings (SSSR count). The fourth-order valence-electron chi connectivity index (χ4n) is 3.23. The van der Waals surface area contributed by atoms with Gasteiger partial charge in [-0.05, 0) is 36.4 Å². The third-order valence-electron chi connectivity index (χ3n) is 4.93. The van der Waals surface area contributed by atoms with Gasteiger partial charge in [0.2, 0.25) is 11.1 Å². The van der Waals surface area contributed by atoms with Crippen LogP contribution < -0.4 is 5.32 Å². The summed E-state index contributed by atoms with van der Waals surface area (Å²) in [6.07, 6.45) is 0. The highest BCUT2D eigenvalue weighted by molar-refractivity contribution is 7.99. The number of H-pyrrole nitrogens is 1. The standard InChI is InChI=1S/C22H20N6OS2/c1-14-15(2)28(12-16-7-4-3-5-8-16)21(17(14)11-23)24-19(29)13-31-22-25-20(26-27-22)18-9-6-10-30-18/h3-10H,12-13H2,1-2H3,(H,24,29)(H,25,26,27). The highest BCUT2D eigenvalue weighted by Gasteiger charge is 2.20. The van der Waals surface area contributed by atoms with Gasteiger partial charge >= 0.3 is 0 Å². The molecule has 0 spiro atoms. The minimum absolute atomic E-state index is 0.140. The minimum atomic E-state index is -0.212. The summed E-state index contributed by atoms with van der Waals surface area (Å²) >= 11 is 2.82. The first-order valence-corrected chi connectivity index (χ1v) is 11.5. The van der Waals surface area contributed by atoms with Crippen LogP contribution in [0.5, 0.6) is 0 Å². The van der Waals surface area contributed by atoms with E-state index in [0.29, 0.717) is 28.9 Å². The van der Waals surface area contributed by atoms with Crippen molar-refractivity contribution in [2.24, 2.45) is 0 Å². The average molecular weight is 449 g/mol. The number of carbonyl (C=O) groups excluding carboxylic acids is 1. The number of amides is 1. The van der Waals surface area contributed by atoms with Gasteiger partial charge in [0.1, 0.15) is 11.9 Å².